The number of aryl methyl sites for hydroxylation is 1. The van der Waals surface area contributed by atoms with Crippen LogP contribution in [0.2, 0.25) is 0 Å². The van der Waals surface area contributed by atoms with Crippen molar-refractivity contribution < 1.29 is 9.84 Å². The standard InChI is InChI=1S/C31H41NO2/c1-31-15-5-6-29(31)27-13-9-23-20-24(33)10-14-26(23)30(27)28(21-31)22-7-11-25(12-8-22)34-19-18-32-16-3-2-4-17-32/h7-8,10-12,14,20,27-30,33H,2-6,9,13,15-19,21H2,1H3/t27-,28+,29-,30+,31-/m0/s1. The van der Waals surface area contributed by atoms with E-state index in [2.05, 4.69) is 42.2 Å². The molecule has 1 aliphatic heterocycles. The van der Waals surface area contributed by atoms with Gasteiger partial charge in [-0.2, -0.15) is 0 Å². The molecule has 3 nitrogen and oxygen atoms in total. The van der Waals surface area contributed by atoms with Crippen LogP contribution in [0.4, 0.5) is 0 Å². The third kappa shape index (κ3) is 4.15. The molecule has 2 aromatic rings. The average Bonchev–Trinajstić information content (AvgIpc) is 3.26. The zero-order valence-corrected chi connectivity index (χ0v) is 20.8. The maximum atomic E-state index is 10.1. The Hall–Kier alpha value is -2.00. The van der Waals surface area contributed by atoms with Gasteiger partial charge in [0, 0.05) is 6.54 Å². The second-order valence-corrected chi connectivity index (χ2v) is 11.9. The van der Waals surface area contributed by atoms with E-state index in [1.54, 1.807) is 0 Å². The van der Waals surface area contributed by atoms with Crippen molar-refractivity contribution in [3.05, 3.63) is 59.2 Å². The van der Waals surface area contributed by atoms with Crippen molar-refractivity contribution in [1.29, 1.82) is 0 Å². The fourth-order valence-electron chi connectivity index (χ4n) is 8.32. The minimum Gasteiger partial charge on any atom is -0.508 e. The lowest BCUT2D eigenvalue weighted by atomic mass is 9.51. The monoisotopic (exact) mass is 459 g/mol. The summed E-state index contributed by atoms with van der Waals surface area (Å²) >= 11 is 0. The third-order valence-electron chi connectivity index (χ3n) is 9.92. The van der Waals surface area contributed by atoms with Gasteiger partial charge in [0.15, 0.2) is 0 Å². The van der Waals surface area contributed by atoms with E-state index in [9.17, 15) is 5.11 Å². The zero-order chi connectivity index (χ0) is 23.1. The summed E-state index contributed by atoms with van der Waals surface area (Å²) in [5.41, 5.74) is 4.84. The highest BCUT2D eigenvalue weighted by molar-refractivity contribution is 5.43. The summed E-state index contributed by atoms with van der Waals surface area (Å²) in [6.07, 6.45) is 11.9. The van der Waals surface area contributed by atoms with Gasteiger partial charge >= 0.3 is 0 Å². The molecule has 6 rings (SSSR count). The summed E-state index contributed by atoms with van der Waals surface area (Å²) in [7, 11) is 0. The lowest BCUT2D eigenvalue weighted by molar-refractivity contribution is 0.0431. The van der Waals surface area contributed by atoms with E-state index in [0.717, 1.165) is 37.2 Å². The molecular formula is C31H41NO2. The average molecular weight is 460 g/mol. The quantitative estimate of drug-likeness (QED) is 0.528. The predicted molar refractivity (Wildman–Crippen MR) is 138 cm³/mol. The molecule has 0 radical (unpaired) electrons. The van der Waals surface area contributed by atoms with Gasteiger partial charge in [0.1, 0.15) is 18.1 Å². The SMILES string of the molecule is C[C@@]12CCC[C@H]1[C@@H]1CCc3cc(O)ccc3[C@H]1[C@@H](c1ccc(OCCN3CCCCC3)cc1)C2. The maximum Gasteiger partial charge on any atom is 0.119 e. The van der Waals surface area contributed by atoms with Crippen LogP contribution in [0.25, 0.3) is 0 Å². The minimum atomic E-state index is 0.418. The molecule has 2 aromatic carbocycles. The van der Waals surface area contributed by atoms with Gasteiger partial charge in [-0.05, 0) is 128 Å². The third-order valence-corrected chi connectivity index (χ3v) is 9.92. The van der Waals surface area contributed by atoms with Crippen molar-refractivity contribution in [3.63, 3.8) is 0 Å². The Morgan fingerprint density at radius 2 is 1.82 bits per heavy atom. The van der Waals surface area contributed by atoms with Crippen molar-refractivity contribution >= 4 is 0 Å². The summed E-state index contributed by atoms with van der Waals surface area (Å²) in [5.74, 6) is 4.17. The molecule has 3 heteroatoms. The predicted octanol–water partition coefficient (Wildman–Crippen LogP) is 6.90. The largest absolute Gasteiger partial charge is 0.508 e. The van der Waals surface area contributed by atoms with Crippen molar-refractivity contribution in [2.24, 2.45) is 17.3 Å². The first-order valence-electron chi connectivity index (χ1n) is 13.9. The first kappa shape index (κ1) is 22.5. The normalized spacial score (nSPS) is 33.1. The molecule has 1 saturated heterocycles. The van der Waals surface area contributed by atoms with Crippen LogP contribution in [-0.2, 0) is 6.42 Å². The molecule has 182 valence electrons. The highest BCUT2D eigenvalue weighted by atomic mass is 16.5. The minimum absolute atomic E-state index is 0.418. The van der Waals surface area contributed by atoms with E-state index >= 15 is 0 Å². The van der Waals surface area contributed by atoms with Crippen LogP contribution >= 0.6 is 0 Å². The Morgan fingerprint density at radius 1 is 1.00 bits per heavy atom. The Balaban J connectivity index is 1.23. The molecule has 3 aliphatic carbocycles. The smallest absolute Gasteiger partial charge is 0.119 e. The van der Waals surface area contributed by atoms with Gasteiger partial charge in [0.05, 0.1) is 0 Å². The number of piperidine rings is 1. The van der Waals surface area contributed by atoms with Crippen LogP contribution < -0.4 is 4.74 Å². The summed E-state index contributed by atoms with van der Waals surface area (Å²) in [6, 6.07) is 15.3. The second-order valence-electron chi connectivity index (χ2n) is 11.9. The number of aromatic hydroxyl groups is 1. The van der Waals surface area contributed by atoms with Crippen LogP contribution in [-0.4, -0.2) is 36.2 Å². The Morgan fingerprint density at radius 3 is 2.65 bits per heavy atom. The van der Waals surface area contributed by atoms with Gasteiger partial charge in [-0.1, -0.05) is 38.0 Å². The number of nitrogens with zero attached hydrogens (tertiary/aromatic N) is 1. The zero-order valence-electron chi connectivity index (χ0n) is 20.8. The highest BCUT2D eigenvalue weighted by Gasteiger charge is 2.54. The first-order valence-corrected chi connectivity index (χ1v) is 13.9. The van der Waals surface area contributed by atoms with Crippen molar-refractivity contribution in [2.45, 2.75) is 76.5 Å². The highest BCUT2D eigenvalue weighted by Crippen LogP contribution is 2.65. The number of rotatable bonds is 5. The molecule has 4 aliphatic rings. The molecule has 34 heavy (non-hydrogen) atoms. The molecule has 0 aromatic heterocycles. The Kier molecular flexibility index (Phi) is 6.09. The topological polar surface area (TPSA) is 32.7 Å². The van der Waals surface area contributed by atoms with Crippen LogP contribution in [0.3, 0.4) is 0 Å². The van der Waals surface area contributed by atoms with Crippen LogP contribution in [0.5, 0.6) is 11.5 Å². The second kappa shape index (κ2) is 9.22. The molecule has 1 heterocycles. The van der Waals surface area contributed by atoms with Gasteiger partial charge in [-0.3, -0.25) is 4.90 Å². The number of fused-ring (bicyclic) bond motifs is 5. The molecule has 0 spiro atoms. The van der Waals surface area contributed by atoms with E-state index in [1.165, 1.54) is 81.1 Å². The number of phenolic OH excluding ortho intramolecular Hbond substituents is 1. The van der Waals surface area contributed by atoms with E-state index < -0.39 is 0 Å². The maximum absolute atomic E-state index is 10.1. The van der Waals surface area contributed by atoms with Crippen LogP contribution in [0.1, 0.15) is 86.8 Å². The van der Waals surface area contributed by atoms with Gasteiger partial charge in [0.25, 0.3) is 0 Å². The molecule has 1 N–H and O–H groups in total. The van der Waals surface area contributed by atoms with Crippen molar-refractivity contribution in [2.75, 3.05) is 26.2 Å². The molecule has 3 fully saturated rings. The van der Waals surface area contributed by atoms with Crippen LogP contribution in [0, 0.1) is 17.3 Å². The Bertz CT molecular complexity index is 995. The number of ether oxygens (including phenoxy) is 1. The number of likely N-dealkylation sites (tertiary alicyclic amines) is 1. The van der Waals surface area contributed by atoms with Gasteiger partial charge in [0.2, 0.25) is 0 Å². The molecule has 2 saturated carbocycles. The van der Waals surface area contributed by atoms with Crippen molar-refractivity contribution in [1.82, 2.24) is 4.90 Å². The van der Waals surface area contributed by atoms with Gasteiger partial charge in [-0.15, -0.1) is 0 Å². The van der Waals surface area contributed by atoms with Crippen LogP contribution in [0.15, 0.2) is 42.5 Å². The molecule has 0 bridgehead atoms. The van der Waals surface area contributed by atoms with Gasteiger partial charge < -0.3 is 9.84 Å². The summed E-state index contributed by atoms with van der Waals surface area (Å²) in [5, 5.41) is 10.1. The number of benzene rings is 2. The molecule has 0 unspecified atom stereocenters. The van der Waals surface area contributed by atoms with Gasteiger partial charge in [-0.25, -0.2) is 0 Å². The fourth-order valence-corrected chi connectivity index (χ4v) is 8.32. The molecular weight excluding hydrogens is 418 g/mol. The Labute approximate surface area is 205 Å². The summed E-state index contributed by atoms with van der Waals surface area (Å²) in [4.78, 5) is 2.54. The summed E-state index contributed by atoms with van der Waals surface area (Å²) in [6.45, 7) is 6.86. The first-order chi connectivity index (χ1) is 16.6. The molecule has 0 amide bonds. The fraction of sp³-hybridized carbons (Fsp3) is 0.613. The van der Waals surface area contributed by atoms with E-state index in [4.69, 9.17) is 4.74 Å². The van der Waals surface area contributed by atoms with E-state index in [-0.39, 0.29) is 0 Å². The number of phenols is 1. The van der Waals surface area contributed by atoms with E-state index in [1.807, 2.05) is 12.1 Å². The van der Waals surface area contributed by atoms with E-state index in [0.29, 0.717) is 23.0 Å². The lowest BCUT2D eigenvalue weighted by Crippen LogP contribution is -2.43. The number of hydrogen-bond acceptors (Lipinski definition) is 3. The van der Waals surface area contributed by atoms with Crippen molar-refractivity contribution in [3.8, 4) is 11.5 Å². The summed E-state index contributed by atoms with van der Waals surface area (Å²) < 4.78 is 6.15. The number of hydrogen-bond donors (Lipinski definition) is 1. The lowest BCUT2D eigenvalue weighted by Gasteiger charge is -2.53. The molecule has 5 atom stereocenters.